The van der Waals surface area contributed by atoms with E-state index < -0.39 is 36.6 Å². The monoisotopic (exact) mass is 897 g/mol. The Morgan fingerprint density at radius 2 is 1.11 bits per heavy atom. The van der Waals surface area contributed by atoms with Crippen molar-refractivity contribution in [1.82, 2.24) is 20.6 Å². The van der Waals surface area contributed by atoms with Gasteiger partial charge in [-0.25, -0.2) is 9.97 Å². The zero-order valence-corrected chi connectivity index (χ0v) is 33.7. The molecule has 1 aromatic heterocycles. The first-order chi connectivity index (χ1) is 30.2. The first kappa shape index (κ1) is 50.3. The molecule has 2 amide bonds. The molecule has 5 N–H and O–H groups in total. The van der Waals surface area contributed by atoms with Gasteiger partial charge in [0.25, 0.3) is 11.8 Å². The number of carbonyl (C=O) groups excluding carboxylic acids is 2. The summed E-state index contributed by atoms with van der Waals surface area (Å²) in [6.45, 7) is 3.81. The van der Waals surface area contributed by atoms with Crippen molar-refractivity contribution in [1.29, 1.82) is 0 Å². The standard InChI is InChI=1S/C40H46BF6N5O11/c42-39(43,44)33-25-30(4-9-34(33)41(55)56)38(54)49-11-13-58-15-17-60-19-21-62-23-22-61-20-18-59-16-14-57-12-10-48-37(53)29-3-1-2-28(24-29)35-26-36(51-27-50-35)52-31-5-7-32(8-6-31)63-40(45,46)47/h1-9,24-27,55-56H,10-23H2,(H,48,53)(H,49,54)(H,50,51,52). The Morgan fingerprint density at radius 1 is 0.603 bits per heavy atom. The molecule has 63 heavy (non-hydrogen) atoms. The average Bonchev–Trinajstić information content (AvgIpc) is 3.25. The molecule has 342 valence electrons. The molecule has 0 saturated heterocycles. The summed E-state index contributed by atoms with van der Waals surface area (Å²) in [5, 5.41) is 26.5. The molecule has 0 atom stereocenters. The molecule has 0 fully saturated rings. The molecule has 0 aliphatic heterocycles. The average molecular weight is 898 g/mol. The van der Waals surface area contributed by atoms with Gasteiger partial charge in [-0.2, -0.15) is 13.2 Å². The number of aromatic nitrogens is 2. The van der Waals surface area contributed by atoms with Crippen LogP contribution in [0.3, 0.4) is 0 Å². The first-order valence-corrected chi connectivity index (χ1v) is 19.3. The van der Waals surface area contributed by atoms with Crippen molar-refractivity contribution < 1.29 is 79.1 Å². The van der Waals surface area contributed by atoms with Crippen LogP contribution in [-0.2, 0) is 34.6 Å². The molecule has 0 aliphatic rings. The van der Waals surface area contributed by atoms with Crippen LogP contribution in [0, 0.1) is 0 Å². The number of carbonyl (C=O) groups is 2. The topological polar surface area (TPSA) is 201 Å². The second kappa shape index (κ2) is 26.3. The molecule has 4 aromatic rings. The number of nitrogens with zero attached hydrogens (tertiary/aromatic N) is 2. The zero-order valence-electron chi connectivity index (χ0n) is 33.7. The van der Waals surface area contributed by atoms with Gasteiger partial charge in [-0.15, -0.1) is 13.2 Å². The second-order valence-electron chi connectivity index (χ2n) is 12.9. The highest BCUT2D eigenvalue weighted by Gasteiger charge is 2.37. The number of halogens is 6. The van der Waals surface area contributed by atoms with Crippen LogP contribution in [0.25, 0.3) is 11.3 Å². The normalized spacial score (nSPS) is 11.6. The lowest BCUT2D eigenvalue weighted by Gasteiger charge is -2.14. The summed E-state index contributed by atoms with van der Waals surface area (Å²) in [4.78, 5) is 33.4. The van der Waals surface area contributed by atoms with E-state index in [4.69, 9.17) is 38.5 Å². The molecule has 4 rings (SSSR count). The Bertz CT molecular complexity index is 2000. The SMILES string of the molecule is O=C(NCCOCCOCCOCCOCCOCCOCCNC(=O)c1ccc(B(O)O)c(C(F)(F)F)c1)c1cccc(-c2cc(Nc3ccc(OC(F)(F)F)cc3)ncn2)c1. The fourth-order valence-corrected chi connectivity index (χ4v) is 5.34. The summed E-state index contributed by atoms with van der Waals surface area (Å²) < 4.78 is 113. The Balaban J connectivity index is 0.936. The molecular weight excluding hydrogens is 851 g/mol. The van der Waals surface area contributed by atoms with Gasteiger partial charge < -0.3 is 59.2 Å². The maximum absolute atomic E-state index is 13.2. The van der Waals surface area contributed by atoms with E-state index in [1.54, 1.807) is 30.3 Å². The predicted octanol–water partition coefficient (Wildman–Crippen LogP) is 3.74. The number of alkyl halides is 6. The molecule has 0 bridgehead atoms. The second-order valence-corrected chi connectivity index (χ2v) is 12.9. The van der Waals surface area contributed by atoms with Gasteiger partial charge in [-0.1, -0.05) is 18.2 Å². The van der Waals surface area contributed by atoms with Gasteiger partial charge in [0.05, 0.1) is 90.5 Å². The third-order valence-electron chi connectivity index (χ3n) is 8.27. The number of anilines is 2. The van der Waals surface area contributed by atoms with E-state index in [2.05, 4.69) is 30.7 Å². The highest BCUT2D eigenvalue weighted by atomic mass is 19.4. The van der Waals surface area contributed by atoms with Gasteiger partial charge in [-0.05, 0) is 54.0 Å². The van der Waals surface area contributed by atoms with Crippen LogP contribution < -0.4 is 26.2 Å². The fourth-order valence-electron chi connectivity index (χ4n) is 5.34. The Hall–Kier alpha value is -5.40. The van der Waals surface area contributed by atoms with Crippen molar-refractivity contribution in [3.05, 3.63) is 95.8 Å². The lowest BCUT2D eigenvalue weighted by molar-refractivity contribution is -0.274. The van der Waals surface area contributed by atoms with Crippen molar-refractivity contribution in [2.45, 2.75) is 12.5 Å². The number of nitrogens with one attached hydrogen (secondary N) is 3. The minimum Gasteiger partial charge on any atom is -0.423 e. The maximum atomic E-state index is 13.2. The molecule has 0 aliphatic carbocycles. The van der Waals surface area contributed by atoms with Gasteiger partial charge in [0.2, 0.25) is 0 Å². The first-order valence-electron chi connectivity index (χ1n) is 19.3. The van der Waals surface area contributed by atoms with Crippen molar-refractivity contribution in [2.75, 3.05) is 97.7 Å². The molecule has 0 radical (unpaired) electrons. The largest absolute Gasteiger partial charge is 0.573 e. The Labute approximate surface area is 358 Å². The smallest absolute Gasteiger partial charge is 0.423 e. The molecule has 16 nitrogen and oxygen atoms in total. The quantitative estimate of drug-likeness (QED) is 0.0314. The molecule has 3 aromatic carbocycles. The molecule has 0 unspecified atom stereocenters. The summed E-state index contributed by atoms with van der Waals surface area (Å²) >= 11 is 0. The number of hydrogen-bond donors (Lipinski definition) is 5. The van der Waals surface area contributed by atoms with E-state index in [1.165, 1.54) is 30.6 Å². The zero-order chi connectivity index (χ0) is 45.5. The minimum atomic E-state index is -4.87. The van der Waals surface area contributed by atoms with Crippen LogP contribution in [0.5, 0.6) is 5.75 Å². The third kappa shape index (κ3) is 19.3. The van der Waals surface area contributed by atoms with Gasteiger partial charge >= 0.3 is 19.7 Å². The van der Waals surface area contributed by atoms with E-state index in [9.17, 15) is 35.9 Å². The van der Waals surface area contributed by atoms with Crippen molar-refractivity contribution in [2.24, 2.45) is 0 Å². The molecule has 23 heteroatoms. The number of benzene rings is 3. The third-order valence-corrected chi connectivity index (χ3v) is 8.27. The predicted molar refractivity (Wildman–Crippen MR) is 215 cm³/mol. The number of amides is 2. The van der Waals surface area contributed by atoms with Gasteiger partial charge in [0.1, 0.15) is 17.9 Å². The van der Waals surface area contributed by atoms with Crippen LogP contribution in [0.2, 0.25) is 0 Å². The van der Waals surface area contributed by atoms with E-state index in [-0.39, 0.29) is 56.7 Å². The van der Waals surface area contributed by atoms with Crippen LogP contribution in [0.15, 0.2) is 79.1 Å². The highest BCUT2D eigenvalue weighted by Crippen LogP contribution is 2.29. The summed E-state index contributed by atoms with van der Waals surface area (Å²) in [7, 11) is -2.33. The van der Waals surface area contributed by atoms with E-state index in [1.807, 2.05) is 0 Å². The summed E-state index contributed by atoms with van der Waals surface area (Å²) in [5.74, 6) is -1.05. The molecule has 0 spiro atoms. The molecule has 0 saturated carbocycles. The van der Waals surface area contributed by atoms with Crippen molar-refractivity contribution in [3.8, 4) is 17.0 Å². The van der Waals surface area contributed by atoms with Crippen LogP contribution in [-0.4, -0.2) is 138 Å². The van der Waals surface area contributed by atoms with E-state index >= 15 is 0 Å². The van der Waals surface area contributed by atoms with Gasteiger partial charge in [0, 0.05) is 41.5 Å². The van der Waals surface area contributed by atoms with Crippen molar-refractivity contribution >= 4 is 35.9 Å². The Morgan fingerprint density at radius 3 is 1.60 bits per heavy atom. The fraction of sp³-hybridized carbons (Fsp3) is 0.400. The lowest BCUT2D eigenvalue weighted by Crippen LogP contribution is -2.37. The van der Waals surface area contributed by atoms with E-state index in [0.29, 0.717) is 87.2 Å². The molecule has 1 heterocycles. The van der Waals surface area contributed by atoms with Crippen molar-refractivity contribution in [3.63, 3.8) is 0 Å². The lowest BCUT2D eigenvalue weighted by atomic mass is 9.76. The number of ether oxygens (including phenoxy) is 7. The van der Waals surface area contributed by atoms with Gasteiger partial charge in [0.15, 0.2) is 0 Å². The summed E-state index contributed by atoms with van der Waals surface area (Å²) in [6, 6.07) is 16.1. The summed E-state index contributed by atoms with van der Waals surface area (Å²) in [5.41, 5.74) is -0.305. The Kier molecular flexibility index (Phi) is 21.0. The highest BCUT2D eigenvalue weighted by molar-refractivity contribution is 6.59. The summed E-state index contributed by atoms with van der Waals surface area (Å²) in [6.07, 6.45) is -8.33. The van der Waals surface area contributed by atoms with Crippen LogP contribution in [0.4, 0.5) is 37.8 Å². The van der Waals surface area contributed by atoms with Crippen LogP contribution >= 0.6 is 0 Å². The molecular formula is C40H46BF6N5O11. The number of rotatable bonds is 28. The number of hydrogen-bond acceptors (Lipinski definition) is 14. The maximum Gasteiger partial charge on any atom is 0.573 e. The minimum absolute atomic E-state index is 0.0333. The van der Waals surface area contributed by atoms with E-state index in [0.717, 1.165) is 12.1 Å². The van der Waals surface area contributed by atoms with Gasteiger partial charge in [-0.3, -0.25) is 9.59 Å². The van der Waals surface area contributed by atoms with Crippen LogP contribution in [0.1, 0.15) is 26.3 Å².